The van der Waals surface area contributed by atoms with E-state index in [0.717, 1.165) is 0 Å². The number of hydrogen-bond acceptors (Lipinski definition) is 5. The topological polar surface area (TPSA) is 85.9 Å². The second-order valence-electron chi connectivity index (χ2n) is 7.27. The SMILES string of the molecule is CC(=O)NC[C@@](C)(NC(=O)OC(C)(C)C)[C@H]1COC(C)(C)O1. The Morgan fingerprint density at radius 2 is 1.86 bits per heavy atom. The Kier molecular flexibility index (Phi) is 5.46. The molecular formula is C15H28N2O5. The fourth-order valence-electron chi connectivity index (χ4n) is 2.08. The molecule has 0 aromatic rings. The van der Waals surface area contributed by atoms with Crippen molar-refractivity contribution in [1.29, 1.82) is 0 Å². The van der Waals surface area contributed by atoms with Crippen LogP contribution in [-0.4, -0.2) is 48.2 Å². The van der Waals surface area contributed by atoms with Crippen LogP contribution in [0.3, 0.4) is 0 Å². The van der Waals surface area contributed by atoms with Gasteiger partial charge in [0, 0.05) is 13.5 Å². The van der Waals surface area contributed by atoms with Gasteiger partial charge < -0.3 is 24.8 Å². The van der Waals surface area contributed by atoms with Gasteiger partial charge in [0.2, 0.25) is 5.91 Å². The number of amides is 2. The van der Waals surface area contributed by atoms with Crippen molar-refractivity contribution in [2.75, 3.05) is 13.2 Å². The van der Waals surface area contributed by atoms with Gasteiger partial charge in [0.25, 0.3) is 0 Å². The van der Waals surface area contributed by atoms with Crippen molar-refractivity contribution in [2.24, 2.45) is 0 Å². The van der Waals surface area contributed by atoms with E-state index < -0.39 is 29.1 Å². The maximum absolute atomic E-state index is 12.1. The van der Waals surface area contributed by atoms with Gasteiger partial charge in [0.1, 0.15) is 11.7 Å². The molecular weight excluding hydrogens is 288 g/mol. The second-order valence-corrected chi connectivity index (χ2v) is 7.27. The Hall–Kier alpha value is -1.34. The molecule has 0 aromatic heterocycles. The van der Waals surface area contributed by atoms with Crippen molar-refractivity contribution in [3.05, 3.63) is 0 Å². The maximum atomic E-state index is 12.1. The zero-order valence-electron chi connectivity index (χ0n) is 14.5. The Morgan fingerprint density at radius 3 is 2.27 bits per heavy atom. The first-order valence-electron chi connectivity index (χ1n) is 7.40. The average molecular weight is 316 g/mol. The van der Waals surface area contributed by atoms with E-state index in [0.29, 0.717) is 6.61 Å². The molecule has 0 bridgehead atoms. The second kappa shape index (κ2) is 6.42. The van der Waals surface area contributed by atoms with E-state index in [1.165, 1.54) is 6.92 Å². The van der Waals surface area contributed by atoms with Crippen LogP contribution in [-0.2, 0) is 19.0 Å². The summed E-state index contributed by atoms with van der Waals surface area (Å²) in [4.78, 5) is 23.3. The summed E-state index contributed by atoms with van der Waals surface area (Å²) < 4.78 is 16.7. The molecule has 7 nitrogen and oxygen atoms in total. The first kappa shape index (κ1) is 18.7. The molecule has 0 unspecified atom stereocenters. The van der Waals surface area contributed by atoms with Crippen LogP contribution in [0.1, 0.15) is 48.5 Å². The van der Waals surface area contributed by atoms with Crippen LogP contribution in [0.5, 0.6) is 0 Å². The third-order valence-electron chi connectivity index (χ3n) is 3.21. The lowest BCUT2D eigenvalue weighted by Gasteiger charge is -2.36. The third-order valence-corrected chi connectivity index (χ3v) is 3.21. The van der Waals surface area contributed by atoms with E-state index in [1.807, 2.05) is 0 Å². The van der Waals surface area contributed by atoms with E-state index in [9.17, 15) is 9.59 Å². The molecule has 0 saturated carbocycles. The Morgan fingerprint density at radius 1 is 1.27 bits per heavy atom. The van der Waals surface area contributed by atoms with Gasteiger partial charge in [-0.1, -0.05) is 0 Å². The molecule has 0 radical (unpaired) electrons. The van der Waals surface area contributed by atoms with Crippen LogP contribution >= 0.6 is 0 Å². The number of carbonyl (C=O) groups is 2. The van der Waals surface area contributed by atoms with Gasteiger partial charge in [-0.2, -0.15) is 0 Å². The van der Waals surface area contributed by atoms with Gasteiger partial charge in [-0.05, 0) is 41.5 Å². The lowest BCUT2D eigenvalue weighted by Crippen LogP contribution is -2.62. The van der Waals surface area contributed by atoms with Crippen LogP contribution < -0.4 is 10.6 Å². The summed E-state index contributed by atoms with van der Waals surface area (Å²) in [6, 6.07) is 0. The van der Waals surface area contributed by atoms with Gasteiger partial charge in [-0.15, -0.1) is 0 Å². The summed E-state index contributed by atoms with van der Waals surface area (Å²) in [6.45, 7) is 12.7. The minimum Gasteiger partial charge on any atom is -0.444 e. The van der Waals surface area contributed by atoms with Crippen molar-refractivity contribution in [2.45, 2.75) is 71.5 Å². The van der Waals surface area contributed by atoms with Crippen LogP contribution in [0, 0.1) is 0 Å². The first-order valence-corrected chi connectivity index (χ1v) is 7.40. The lowest BCUT2D eigenvalue weighted by molar-refractivity contribution is -0.147. The summed E-state index contributed by atoms with van der Waals surface area (Å²) in [5.74, 6) is -0.909. The van der Waals surface area contributed by atoms with Crippen molar-refractivity contribution in [3.8, 4) is 0 Å². The predicted molar refractivity (Wildman–Crippen MR) is 81.4 cm³/mol. The molecule has 1 fully saturated rings. The zero-order chi connectivity index (χ0) is 17.2. The summed E-state index contributed by atoms with van der Waals surface area (Å²) >= 11 is 0. The molecule has 2 amide bonds. The molecule has 22 heavy (non-hydrogen) atoms. The number of carbonyl (C=O) groups excluding carboxylic acids is 2. The number of nitrogens with one attached hydrogen (secondary N) is 2. The van der Waals surface area contributed by atoms with Crippen LogP contribution in [0.15, 0.2) is 0 Å². The highest BCUT2D eigenvalue weighted by Crippen LogP contribution is 2.29. The van der Waals surface area contributed by atoms with Gasteiger partial charge >= 0.3 is 6.09 Å². The summed E-state index contributed by atoms with van der Waals surface area (Å²) in [7, 11) is 0. The largest absolute Gasteiger partial charge is 0.444 e. The molecule has 2 N–H and O–H groups in total. The van der Waals surface area contributed by atoms with Crippen LogP contribution in [0.25, 0.3) is 0 Å². The van der Waals surface area contributed by atoms with Crippen molar-refractivity contribution in [3.63, 3.8) is 0 Å². The van der Waals surface area contributed by atoms with Gasteiger partial charge in [0.05, 0.1) is 12.1 Å². The average Bonchev–Trinajstić information content (AvgIpc) is 2.65. The maximum Gasteiger partial charge on any atom is 0.408 e. The summed E-state index contributed by atoms with van der Waals surface area (Å²) in [5, 5.41) is 5.52. The molecule has 1 rings (SSSR count). The number of rotatable bonds is 4. The molecule has 1 aliphatic rings. The number of hydrogen-bond donors (Lipinski definition) is 2. The number of ether oxygens (including phenoxy) is 3. The molecule has 0 aliphatic carbocycles. The van der Waals surface area contributed by atoms with Gasteiger partial charge in [0.15, 0.2) is 5.79 Å². The molecule has 1 heterocycles. The minimum atomic E-state index is -0.845. The van der Waals surface area contributed by atoms with Gasteiger partial charge in [-0.3, -0.25) is 4.79 Å². The molecule has 128 valence electrons. The smallest absolute Gasteiger partial charge is 0.408 e. The quantitative estimate of drug-likeness (QED) is 0.822. The van der Waals surface area contributed by atoms with E-state index in [1.54, 1.807) is 41.5 Å². The van der Waals surface area contributed by atoms with E-state index in [2.05, 4.69) is 10.6 Å². The zero-order valence-corrected chi connectivity index (χ0v) is 14.5. The highest BCUT2D eigenvalue weighted by Gasteiger charge is 2.46. The molecule has 1 saturated heterocycles. The highest BCUT2D eigenvalue weighted by molar-refractivity contribution is 5.73. The summed E-state index contributed by atoms with van der Waals surface area (Å²) in [6.07, 6.45) is -0.962. The third kappa shape index (κ3) is 5.81. The highest BCUT2D eigenvalue weighted by atomic mass is 16.7. The fourth-order valence-corrected chi connectivity index (χ4v) is 2.08. The number of alkyl carbamates (subject to hydrolysis) is 1. The van der Waals surface area contributed by atoms with E-state index >= 15 is 0 Å². The Bertz CT molecular complexity index is 430. The summed E-state index contributed by atoms with van der Waals surface area (Å²) in [5.41, 5.74) is -1.45. The van der Waals surface area contributed by atoms with Gasteiger partial charge in [-0.25, -0.2) is 4.79 Å². The molecule has 7 heteroatoms. The van der Waals surface area contributed by atoms with Crippen LogP contribution in [0.4, 0.5) is 4.79 Å². The fraction of sp³-hybridized carbons (Fsp3) is 0.867. The van der Waals surface area contributed by atoms with Crippen molar-refractivity contribution >= 4 is 12.0 Å². The normalized spacial score (nSPS) is 23.5. The minimum absolute atomic E-state index is 0.185. The van der Waals surface area contributed by atoms with Crippen LogP contribution in [0.2, 0.25) is 0 Å². The van der Waals surface area contributed by atoms with Crippen molar-refractivity contribution in [1.82, 2.24) is 10.6 Å². The van der Waals surface area contributed by atoms with Crippen molar-refractivity contribution < 1.29 is 23.8 Å². The van der Waals surface area contributed by atoms with E-state index in [-0.39, 0.29) is 12.5 Å². The Balaban J connectivity index is 2.82. The molecule has 0 aromatic carbocycles. The van der Waals surface area contributed by atoms with E-state index in [4.69, 9.17) is 14.2 Å². The predicted octanol–water partition coefficient (Wildman–Crippen LogP) is 1.56. The monoisotopic (exact) mass is 316 g/mol. The first-order chi connectivity index (χ1) is 9.83. The standard InChI is InChI=1S/C15H28N2O5/c1-10(18)16-9-15(7,11-8-20-14(5,6)21-11)17-12(19)22-13(2,3)4/h11H,8-9H2,1-7H3,(H,16,18)(H,17,19)/t11-,15-/m1/s1. The Labute approximate surface area is 132 Å². The lowest BCUT2D eigenvalue weighted by atomic mass is 9.95. The molecule has 1 aliphatic heterocycles. The molecule has 2 atom stereocenters. The molecule has 0 spiro atoms.